The lowest BCUT2D eigenvalue weighted by atomic mass is 10.2. The molecule has 1 aliphatic rings. The number of rotatable bonds is 9. The number of methoxy groups -OCH3 is 2. The molecule has 8 nitrogen and oxygen atoms in total. The molecule has 0 spiro atoms. The van der Waals surface area contributed by atoms with Crippen molar-refractivity contribution in [1.82, 2.24) is 25.1 Å². The Morgan fingerprint density at radius 3 is 2.71 bits per heavy atom. The van der Waals surface area contributed by atoms with Crippen molar-refractivity contribution >= 4 is 17.7 Å². The van der Waals surface area contributed by atoms with Crippen molar-refractivity contribution in [3.05, 3.63) is 29.6 Å². The van der Waals surface area contributed by atoms with Crippen molar-refractivity contribution in [3.63, 3.8) is 0 Å². The monoisotopic (exact) mass is 405 g/mol. The molecule has 152 valence electrons. The molecule has 28 heavy (non-hydrogen) atoms. The Morgan fingerprint density at radius 2 is 2.00 bits per heavy atom. The maximum Gasteiger partial charge on any atom is 0.232 e. The summed E-state index contributed by atoms with van der Waals surface area (Å²) in [6, 6.07) is 6.10. The Hall–Kier alpha value is -2.29. The molecule has 1 fully saturated rings. The van der Waals surface area contributed by atoms with Gasteiger partial charge in [-0.3, -0.25) is 4.79 Å². The first-order valence-corrected chi connectivity index (χ1v) is 10.6. The van der Waals surface area contributed by atoms with Gasteiger partial charge in [0, 0.05) is 13.6 Å². The highest BCUT2D eigenvalue weighted by Crippen LogP contribution is 2.30. The number of thioether (sulfide) groups is 1. The van der Waals surface area contributed by atoms with Gasteiger partial charge in [0.1, 0.15) is 0 Å². The Balaban J connectivity index is 1.49. The van der Waals surface area contributed by atoms with E-state index in [1.807, 2.05) is 29.9 Å². The van der Waals surface area contributed by atoms with Crippen LogP contribution in [0.2, 0.25) is 0 Å². The third-order valence-electron chi connectivity index (χ3n) is 4.98. The van der Waals surface area contributed by atoms with Gasteiger partial charge in [0.15, 0.2) is 17.3 Å². The summed E-state index contributed by atoms with van der Waals surface area (Å²) in [5.74, 6) is 3.29. The number of ether oxygens (including phenoxy) is 2. The van der Waals surface area contributed by atoms with Crippen molar-refractivity contribution in [2.24, 2.45) is 0 Å². The van der Waals surface area contributed by atoms with Gasteiger partial charge >= 0.3 is 0 Å². The average Bonchev–Trinajstić information content (AvgIpc) is 3.39. The standard InChI is InChI=1S/C19H27N5O3S/c1-23(11-14-8-9-16(26-2)17(10-14)27-3)19(25)13-28-12-18-20-21-22-24(18)15-6-4-5-7-15/h8-10,15H,4-7,11-13H2,1-3H3. The first kappa shape index (κ1) is 20.4. The first-order valence-electron chi connectivity index (χ1n) is 9.41. The summed E-state index contributed by atoms with van der Waals surface area (Å²) in [6.45, 7) is 0.513. The van der Waals surface area contributed by atoms with Crippen LogP contribution in [0.3, 0.4) is 0 Å². The summed E-state index contributed by atoms with van der Waals surface area (Å²) in [6.07, 6.45) is 4.73. The maximum atomic E-state index is 12.5. The Kier molecular flexibility index (Phi) is 7.13. The molecule has 0 saturated heterocycles. The molecule has 1 heterocycles. The second kappa shape index (κ2) is 9.77. The normalized spacial score (nSPS) is 14.2. The van der Waals surface area contributed by atoms with Crippen LogP contribution in [-0.4, -0.2) is 58.0 Å². The van der Waals surface area contributed by atoms with E-state index in [1.54, 1.807) is 30.9 Å². The molecule has 0 N–H and O–H groups in total. The molecule has 1 aliphatic carbocycles. The highest BCUT2D eigenvalue weighted by Gasteiger charge is 2.21. The summed E-state index contributed by atoms with van der Waals surface area (Å²) in [7, 11) is 5.02. The Labute approximate surface area is 169 Å². The van der Waals surface area contributed by atoms with Crippen molar-refractivity contribution in [2.75, 3.05) is 27.0 Å². The van der Waals surface area contributed by atoms with Gasteiger partial charge in [-0.25, -0.2) is 4.68 Å². The lowest BCUT2D eigenvalue weighted by Crippen LogP contribution is -2.28. The van der Waals surface area contributed by atoms with Crippen LogP contribution in [0.1, 0.15) is 43.1 Å². The molecule has 0 aliphatic heterocycles. The zero-order valence-electron chi connectivity index (χ0n) is 16.6. The summed E-state index contributed by atoms with van der Waals surface area (Å²) in [5.41, 5.74) is 0.990. The van der Waals surface area contributed by atoms with Crippen LogP contribution in [-0.2, 0) is 17.1 Å². The van der Waals surface area contributed by atoms with Crippen molar-refractivity contribution in [3.8, 4) is 11.5 Å². The molecule has 9 heteroatoms. The van der Waals surface area contributed by atoms with E-state index in [0.717, 1.165) is 24.2 Å². The van der Waals surface area contributed by atoms with Crippen molar-refractivity contribution in [1.29, 1.82) is 0 Å². The van der Waals surface area contributed by atoms with Crippen LogP contribution in [0.5, 0.6) is 11.5 Å². The van der Waals surface area contributed by atoms with Gasteiger partial charge in [-0.05, 0) is 41.0 Å². The molecular weight excluding hydrogens is 378 g/mol. The fourth-order valence-electron chi connectivity index (χ4n) is 3.42. The van der Waals surface area contributed by atoms with Crippen LogP contribution in [0, 0.1) is 0 Å². The van der Waals surface area contributed by atoms with Crippen LogP contribution >= 0.6 is 11.8 Å². The number of nitrogens with zero attached hydrogens (tertiary/aromatic N) is 5. The second-order valence-electron chi connectivity index (χ2n) is 6.91. The number of amides is 1. The van der Waals surface area contributed by atoms with E-state index in [1.165, 1.54) is 12.8 Å². The zero-order valence-corrected chi connectivity index (χ0v) is 17.4. The summed E-state index contributed by atoms with van der Waals surface area (Å²) < 4.78 is 12.5. The number of benzene rings is 1. The average molecular weight is 406 g/mol. The highest BCUT2D eigenvalue weighted by atomic mass is 32.2. The van der Waals surface area contributed by atoms with Crippen molar-refractivity contribution < 1.29 is 14.3 Å². The van der Waals surface area contributed by atoms with E-state index >= 15 is 0 Å². The van der Waals surface area contributed by atoms with E-state index in [0.29, 0.717) is 35.6 Å². The molecule has 1 amide bonds. The predicted molar refractivity (Wildman–Crippen MR) is 108 cm³/mol. The number of carbonyl (C=O) groups excluding carboxylic acids is 1. The summed E-state index contributed by atoms with van der Waals surface area (Å²) in [5, 5.41) is 12.1. The second-order valence-corrected chi connectivity index (χ2v) is 7.90. The van der Waals surface area contributed by atoms with E-state index in [9.17, 15) is 4.79 Å². The van der Waals surface area contributed by atoms with Gasteiger partial charge in [-0.1, -0.05) is 18.9 Å². The maximum absolute atomic E-state index is 12.5. The van der Waals surface area contributed by atoms with Crippen LogP contribution < -0.4 is 9.47 Å². The van der Waals surface area contributed by atoms with Gasteiger partial charge in [-0.2, -0.15) is 0 Å². The van der Waals surface area contributed by atoms with E-state index in [4.69, 9.17) is 9.47 Å². The van der Waals surface area contributed by atoms with Crippen LogP contribution in [0.4, 0.5) is 0 Å². The number of tetrazole rings is 1. The molecule has 0 atom stereocenters. The first-order chi connectivity index (χ1) is 13.6. The number of aromatic nitrogens is 4. The SMILES string of the molecule is COc1ccc(CN(C)C(=O)CSCc2nnnn2C2CCCC2)cc1OC. The van der Waals surface area contributed by atoms with Crippen LogP contribution in [0.25, 0.3) is 0 Å². The van der Waals surface area contributed by atoms with E-state index in [2.05, 4.69) is 15.5 Å². The largest absolute Gasteiger partial charge is 0.493 e. The highest BCUT2D eigenvalue weighted by molar-refractivity contribution is 7.99. The molecule has 3 rings (SSSR count). The zero-order chi connectivity index (χ0) is 19.9. The minimum atomic E-state index is 0.0691. The lowest BCUT2D eigenvalue weighted by Gasteiger charge is -2.18. The van der Waals surface area contributed by atoms with Crippen LogP contribution in [0.15, 0.2) is 18.2 Å². The van der Waals surface area contributed by atoms with Gasteiger partial charge in [-0.15, -0.1) is 16.9 Å². The molecule has 0 radical (unpaired) electrons. The third kappa shape index (κ3) is 4.95. The summed E-state index contributed by atoms with van der Waals surface area (Å²) in [4.78, 5) is 14.2. The molecule has 2 aromatic rings. The molecule has 1 aromatic carbocycles. The fourth-order valence-corrected chi connectivity index (χ4v) is 4.29. The molecule has 0 unspecified atom stereocenters. The third-order valence-corrected chi connectivity index (χ3v) is 5.90. The number of carbonyl (C=O) groups is 1. The Morgan fingerprint density at radius 1 is 1.25 bits per heavy atom. The predicted octanol–water partition coefficient (Wildman–Crippen LogP) is 2.70. The molecule has 1 saturated carbocycles. The molecule has 0 bridgehead atoms. The van der Waals surface area contributed by atoms with Gasteiger partial charge < -0.3 is 14.4 Å². The summed E-state index contributed by atoms with van der Waals surface area (Å²) >= 11 is 1.55. The number of hydrogen-bond acceptors (Lipinski definition) is 7. The minimum Gasteiger partial charge on any atom is -0.493 e. The van der Waals surface area contributed by atoms with E-state index < -0.39 is 0 Å². The number of hydrogen-bond donors (Lipinski definition) is 0. The lowest BCUT2D eigenvalue weighted by molar-refractivity contribution is -0.127. The smallest absolute Gasteiger partial charge is 0.232 e. The van der Waals surface area contributed by atoms with Gasteiger partial charge in [0.05, 0.1) is 31.8 Å². The Bertz CT molecular complexity index is 792. The topological polar surface area (TPSA) is 82.4 Å². The van der Waals surface area contributed by atoms with Crippen molar-refractivity contribution in [2.45, 2.75) is 44.0 Å². The molecule has 1 aromatic heterocycles. The van der Waals surface area contributed by atoms with Gasteiger partial charge in [0.2, 0.25) is 5.91 Å². The molecular formula is C19H27N5O3S. The quantitative estimate of drug-likeness (QED) is 0.634. The van der Waals surface area contributed by atoms with Gasteiger partial charge in [0.25, 0.3) is 0 Å². The fraction of sp³-hybridized carbons (Fsp3) is 0.579. The van der Waals surface area contributed by atoms with E-state index in [-0.39, 0.29) is 5.91 Å². The minimum absolute atomic E-state index is 0.0691.